The fourth-order valence-corrected chi connectivity index (χ4v) is 1.95. The predicted molar refractivity (Wildman–Crippen MR) is 67.2 cm³/mol. The normalized spacial score (nSPS) is 13.6. The number of aromatic hydroxyl groups is 1. The topological polar surface area (TPSA) is 92.4 Å². The Bertz CT molecular complexity index is 485. The number of aryl methyl sites for hydroxylation is 1. The fourth-order valence-electron chi connectivity index (χ4n) is 1.55. The first kappa shape index (κ1) is 14.0. The first-order chi connectivity index (χ1) is 7.79. The molecule has 0 saturated heterocycles. The molecule has 4 N–H and O–H groups in total. The van der Waals surface area contributed by atoms with Crippen molar-refractivity contribution in [1.29, 1.82) is 0 Å². The van der Waals surface area contributed by atoms with Crippen LogP contribution < -0.4 is 10.5 Å². The highest BCUT2D eigenvalue weighted by Gasteiger charge is 2.10. The fraction of sp³-hybridized carbons (Fsp3) is 0.455. The van der Waals surface area contributed by atoms with E-state index in [2.05, 4.69) is 5.32 Å². The summed E-state index contributed by atoms with van der Waals surface area (Å²) >= 11 is 0. The van der Waals surface area contributed by atoms with Gasteiger partial charge in [-0.05, 0) is 25.5 Å². The molecule has 0 spiro atoms. The number of nitrogens with two attached hydrogens (primary N) is 1. The quantitative estimate of drug-likeness (QED) is 0.722. The van der Waals surface area contributed by atoms with E-state index < -0.39 is 10.0 Å². The van der Waals surface area contributed by atoms with Gasteiger partial charge in [0, 0.05) is 18.2 Å². The zero-order valence-electron chi connectivity index (χ0n) is 9.97. The van der Waals surface area contributed by atoms with Gasteiger partial charge in [-0.2, -0.15) is 0 Å². The van der Waals surface area contributed by atoms with Crippen molar-refractivity contribution in [3.8, 4) is 5.75 Å². The summed E-state index contributed by atoms with van der Waals surface area (Å²) < 4.78 is 21.5. The lowest BCUT2D eigenvalue weighted by molar-refractivity contribution is 0.454. The van der Waals surface area contributed by atoms with Crippen LogP contribution in [0.2, 0.25) is 0 Å². The van der Waals surface area contributed by atoms with Crippen LogP contribution in [0.3, 0.4) is 0 Å². The van der Waals surface area contributed by atoms with Crippen LogP contribution >= 0.6 is 0 Å². The Balaban J connectivity index is 2.61. The van der Waals surface area contributed by atoms with E-state index in [9.17, 15) is 13.5 Å². The summed E-state index contributed by atoms with van der Waals surface area (Å²) in [6.07, 6.45) is 0. The van der Waals surface area contributed by atoms with Crippen molar-refractivity contribution in [2.45, 2.75) is 19.9 Å². The van der Waals surface area contributed by atoms with Crippen molar-refractivity contribution >= 4 is 10.0 Å². The number of sulfonamides is 1. The van der Waals surface area contributed by atoms with E-state index >= 15 is 0 Å². The van der Waals surface area contributed by atoms with Crippen molar-refractivity contribution in [3.63, 3.8) is 0 Å². The molecule has 0 aliphatic heterocycles. The molecule has 5 nitrogen and oxygen atoms in total. The third-order valence-electron chi connectivity index (χ3n) is 2.49. The van der Waals surface area contributed by atoms with E-state index in [0.29, 0.717) is 0 Å². The molecule has 1 unspecified atom stereocenters. The lowest BCUT2D eigenvalue weighted by atomic mass is 10.1. The summed E-state index contributed by atoms with van der Waals surface area (Å²) in [4.78, 5) is 0. The number of benzene rings is 1. The van der Waals surface area contributed by atoms with Gasteiger partial charge in [0.15, 0.2) is 0 Å². The Morgan fingerprint density at radius 1 is 1.47 bits per heavy atom. The van der Waals surface area contributed by atoms with Crippen molar-refractivity contribution in [1.82, 2.24) is 5.32 Å². The predicted octanol–water partition coefficient (Wildman–Crippen LogP) is 0.640. The third-order valence-corrected chi connectivity index (χ3v) is 3.26. The van der Waals surface area contributed by atoms with Gasteiger partial charge in [-0.1, -0.05) is 12.1 Å². The van der Waals surface area contributed by atoms with Gasteiger partial charge in [-0.25, -0.2) is 13.6 Å². The zero-order valence-corrected chi connectivity index (χ0v) is 10.8. The van der Waals surface area contributed by atoms with Gasteiger partial charge in [0.05, 0.1) is 5.75 Å². The maximum Gasteiger partial charge on any atom is 0.210 e. The molecular weight excluding hydrogens is 240 g/mol. The Labute approximate surface area is 102 Å². The molecule has 0 heterocycles. The van der Waals surface area contributed by atoms with Crippen molar-refractivity contribution in [3.05, 3.63) is 29.3 Å². The van der Waals surface area contributed by atoms with Crippen LogP contribution in [0.4, 0.5) is 0 Å². The van der Waals surface area contributed by atoms with Crippen molar-refractivity contribution < 1.29 is 13.5 Å². The first-order valence-electron chi connectivity index (χ1n) is 5.33. The van der Waals surface area contributed by atoms with Gasteiger partial charge in [0.1, 0.15) is 5.75 Å². The molecule has 1 aromatic carbocycles. The summed E-state index contributed by atoms with van der Waals surface area (Å²) in [5.41, 5.74) is 1.72. The van der Waals surface area contributed by atoms with Crippen LogP contribution in [0.15, 0.2) is 18.2 Å². The highest BCUT2D eigenvalue weighted by atomic mass is 32.2. The Hall–Kier alpha value is -1.11. The highest BCUT2D eigenvalue weighted by molar-refractivity contribution is 7.89. The molecule has 0 radical (unpaired) electrons. The van der Waals surface area contributed by atoms with Gasteiger partial charge < -0.3 is 10.4 Å². The van der Waals surface area contributed by atoms with Gasteiger partial charge in [-0.15, -0.1) is 0 Å². The second-order valence-electron chi connectivity index (χ2n) is 4.11. The molecule has 96 valence electrons. The number of hydrogen-bond donors (Lipinski definition) is 3. The number of rotatable bonds is 5. The van der Waals surface area contributed by atoms with E-state index in [4.69, 9.17) is 5.14 Å². The number of phenols is 1. The number of phenolic OH excluding ortho intramolecular Hbond substituents is 1. The van der Waals surface area contributed by atoms with Gasteiger partial charge >= 0.3 is 0 Å². The molecule has 6 heteroatoms. The second-order valence-corrected chi connectivity index (χ2v) is 5.84. The first-order valence-corrected chi connectivity index (χ1v) is 7.04. The highest BCUT2D eigenvalue weighted by Crippen LogP contribution is 2.24. The van der Waals surface area contributed by atoms with Crippen molar-refractivity contribution in [2.75, 3.05) is 12.3 Å². The Morgan fingerprint density at radius 2 is 2.12 bits per heavy atom. The zero-order chi connectivity index (χ0) is 13.1. The van der Waals surface area contributed by atoms with Crippen LogP contribution in [0.1, 0.15) is 24.1 Å². The second kappa shape index (κ2) is 5.48. The molecule has 0 fully saturated rings. The summed E-state index contributed by atoms with van der Waals surface area (Å²) in [5, 5.41) is 17.6. The van der Waals surface area contributed by atoms with Gasteiger partial charge in [0.25, 0.3) is 0 Å². The number of primary sulfonamides is 1. The monoisotopic (exact) mass is 258 g/mol. The minimum Gasteiger partial charge on any atom is -0.508 e. The molecular formula is C11H18N2O3S. The van der Waals surface area contributed by atoms with E-state index in [-0.39, 0.29) is 24.1 Å². The molecule has 0 aliphatic rings. The molecule has 17 heavy (non-hydrogen) atoms. The maximum atomic E-state index is 10.7. The van der Waals surface area contributed by atoms with Crippen molar-refractivity contribution in [2.24, 2.45) is 5.14 Å². The van der Waals surface area contributed by atoms with Gasteiger partial charge in [-0.3, -0.25) is 0 Å². The van der Waals surface area contributed by atoms with Crippen LogP contribution in [0.5, 0.6) is 5.75 Å². The van der Waals surface area contributed by atoms with E-state index in [0.717, 1.165) is 11.1 Å². The molecule has 0 aromatic heterocycles. The van der Waals surface area contributed by atoms with E-state index in [1.165, 1.54) is 0 Å². The molecule has 0 amide bonds. The van der Waals surface area contributed by atoms with Crippen LogP contribution in [0, 0.1) is 6.92 Å². The van der Waals surface area contributed by atoms with Crippen LogP contribution in [-0.4, -0.2) is 25.8 Å². The largest absolute Gasteiger partial charge is 0.508 e. The summed E-state index contributed by atoms with van der Waals surface area (Å²) in [7, 11) is -3.44. The average Bonchev–Trinajstić information content (AvgIpc) is 2.15. The third kappa shape index (κ3) is 4.72. The van der Waals surface area contributed by atoms with E-state index in [1.54, 1.807) is 6.07 Å². The Kier molecular flexibility index (Phi) is 4.50. The number of nitrogens with one attached hydrogen (secondary N) is 1. The average molecular weight is 258 g/mol. The maximum absolute atomic E-state index is 10.7. The summed E-state index contributed by atoms with van der Waals surface area (Å²) in [6, 6.07) is 5.26. The lowest BCUT2D eigenvalue weighted by Crippen LogP contribution is -2.28. The minimum absolute atomic E-state index is 0.121. The number of hydrogen-bond acceptors (Lipinski definition) is 4. The van der Waals surface area contributed by atoms with Crippen LogP contribution in [-0.2, 0) is 10.0 Å². The molecule has 1 atom stereocenters. The SMILES string of the molecule is Cc1ccc(C(C)NCCS(N)(=O)=O)c(O)c1. The molecule has 1 rings (SSSR count). The smallest absolute Gasteiger partial charge is 0.210 e. The lowest BCUT2D eigenvalue weighted by Gasteiger charge is -2.15. The molecule has 0 bridgehead atoms. The molecule has 0 aliphatic carbocycles. The molecule has 0 saturated carbocycles. The standard InChI is InChI=1S/C11H18N2O3S/c1-8-3-4-10(11(14)7-8)9(2)13-5-6-17(12,15)16/h3-4,7,9,13-14H,5-6H2,1-2H3,(H2,12,15,16). The summed E-state index contributed by atoms with van der Waals surface area (Å²) in [6.45, 7) is 4.00. The summed E-state index contributed by atoms with van der Waals surface area (Å²) in [5.74, 6) is 0.0878. The van der Waals surface area contributed by atoms with E-state index in [1.807, 2.05) is 26.0 Å². The minimum atomic E-state index is -3.44. The Morgan fingerprint density at radius 3 is 2.65 bits per heavy atom. The van der Waals surface area contributed by atoms with Crippen LogP contribution in [0.25, 0.3) is 0 Å². The molecule has 1 aromatic rings. The van der Waals surface area contributed by atoms with Gasteiger partial charge in [0.2, 0.25) is 10.0 Å².